The summed E-state index contributed by atoms with van der Waals surface area (Å²) < 4.78 is 10.7. The Kier molecular flexibility index (Phi) is 6.22. The average molecular weight is 344 g/mol. The van der Waals surface area contributed by atoms with Crippen molar-refractivity contribution < 1.29 is 19.1 Å². The van der Waals surface area contributed by atoms with E-state index in [9.17, 15) is 9.90 Å². The standard InChI is InChI=1S/C19H24N2O4/c22-17(15-24-14-16-5-2-1-3-6-16)13-20-8-10-21(11-9-20)19(23)18-7-4-12-25-18/h1-7,12,17,22H,8-11,13-15H2. The molecule has 1 fully saturated rings. The summed E-state index contributed by atoms with van der Waals surface area (Å²) in [4.78, 5) is 16.2. The highest BCUT2D eigenvalue weighted by molar-refractivity contribution is 5.91. The number of hydrogen-bond donors (Lipinski definition) is 1. The maximum Gasteiger partial charge on any atom is 0.289 e. The summed E-state index contributed by atoms with van der Waals surface area (Å²) in [6.07, 6.45) is 0.978. The van der Waals surface area contributed by atoms with Crippen molar-refractivity contribution >= 4 is 5.91 Å². The lowest BCUT2D eigenvalue weighted by Gasteiger charge is -2.35. The van der Waals surface area contributed by atoms with Crippen LogP contribution in [0.1, 0.15) is 16.1 Å². The molecule has 25 heavy (non-hydrogen) atoms. The lowest BCUT2D eigenvalue weighted by Crippen LogP contribution is -2.50. The third-order valence-electron chi connectivity index (χ3n) is 4.28. The SMILES string of the molecule is O=C(c1ccco1)N1CCN(CC(O)COCc2ccccc2)CC1. The van der Waals surface area contributed by atoms with E-state index < -0.39 is 6.10 Å². The van der Waals surface area contributed by atoms with Crippen LogP contribution in [0.15, 0.2) is 53.1 Å². The van der Waals surface area contributed by atoms with Crippen molar-refractivity contribution in [2.24, 2.45) is 0 Å². The van der Waals surface area contributed by atoms with Crippen molar-refractivity contribution in [3.8, 4) is 0 Å². The van der Waals surface area contributed by atoms with Gasteiger partial charge in [-0.25, -0.2) is 0 Å². The highest BCUT2D eigenvalue weighted by Gasteiger charge is 2.24. The van der Waals surface area contributed by atoms with Gasteiger partial charge in [-0.05, 0) is 17.7 Å². The topological polar surface area (TPSA) is 66.2 Å². The molecule has 1 atom stereocenters. The number of ether oxygens (including phenoxy) is 1. The molecule has 1 saturated heterocycles. The average Bonchev–Trinajstić information content (AvgIpc) is 3.17. The number of amides is 1. The third-order valence-corrected chi connectivity index (χ3v) is 4.28. The number of aliphatic hydroxyl groups is 1. The number of nitrogens with zero attached hydrogens (tertiary/aromatic N) is 2. The maximum absolute atomic E-state index is 12.2. The van der Waals surface area contributed by atoms with Crippen molar-refractivity contribution in [1.82, 2.24) is 9.80 Å². The van der Waals surface area contributed by atoms with E-state index in [0.717, 1.165) is 18.7 Å². The quantitative estimate of drug-likeness (QED) is 0.827. The third kappa shape index (κ3) is 5.16. The Morgan fingerprint density at radius 2 is 1.88 bits per heavy atom. The number of carbonyl (C=O) groups is 1. The van der Waals surface area contributed by atoms with Crippen LogP contribution in [0.25, 0.3) is 0 Å². The molecule has 1 aliphatic heterocycles. The molecule has 2 aromatic rings. The largest absolute Gasteiger partial charge is 0.459 e. The Morgan fingerprint density at radius 3 is 2.56 bits per heavy atom. The smallest absolute Gasteiger partial charge is 0.289 e. The van der Waals surface area contributed by atoms with E-state index in [1.165, 1.54) is 6.26 Å². The molecule has 1 unspecified atom stereocenters. The molecule has 1 amide bonds. The zero-order valence-electron chi connectivity index (χ0n) is 14.2. The number of carbonyl (C=O) groups excluding carboxylic acids is 1. The fourth-order valence-corrected chi connectivity index (χ4v) is 2.93. The van der Waals surface area contributed by atoms with Gasteiger partial charge in [-0.3, -0.25) is 9.69 Å². The first kappa shape index (κ1) is 17.7. The van der Waals surface area contributed by atoms with Crippen molar-refractivity contribution in [3.63, 3.8) is 0 Å². The van der Waals surface area contributed by atoms with Crippen LogP contribution in [0.3, 0.4) is 0 Å². The summed E-state index contributed by atoms with van der Waals surface area (Å²) >= 11 is 0. The van der Waals surface area contributed by atoms with Gasteiger partial charge in [0.2, 0.25) is 0 Å². The molecule has 3 rings (SSSR count). The minimum Gasteiger partial charge on any atom is -0.459 e. The minimum absolute atomic E-state index is 0.0728. The highest BCUT2D eigenvalue weighted by Crippen LogP contribution is 2.10. The second-order valence-electron chi connectivity index (χ2n) is 6.22. The Hall–Kier alpha value is -2.15. The summed E-state index contributed by atoms with van der Waals surface area (Å²) in [6.45, 7) is 4.11. The zero-order chi connectivity index (χ0) is 17.5. The van der Waals surface area contributed by atoms with Gasteiger partial charge in [-0.2, -0.15) is 0 Å². The Balaban J connectivity index is 1.35. The van der Waals surface area contributed by atoms with Gasteiger partial charge in [-0.1, -0.05) is 30.3 Å². The van der Waals surface area contributed by atoms with Crippen LogP contribution in [-0.4, -0.2) is 66.2 Å². The van der Waals surface area contributed by atoms with Gasteiger partial charge >= 0.3 is 0 Å². The van der Waals surface area contributed by atoms with Crippen LogP contribution < -0.4 is 0 Å². The van der Waals surface area contributed by atoms with E-state index in [1.54, 1.807) is 17.0 Å². The predicted octanol–water partition coefficient (Wildman–Crippen LogP) is 1.62. The van der Waals surface area contributed by atoms with Gasteiger partial charge in [0, 0.05) is 32.7 Å². The second-order valence-corrected chi connectivity index (χ2v) is 6.22. The molecule has 2 heterocycles. The Bertz CT molecular complexity index is 637. The Morgan fingerprint density at radius 1 is 1.12 bits per heavy atom. The van der Waals surface area contributed by atoms with Crippen LogP contribution in [0.5, 0.6) is 0 Å². The fourth-order valence-electron chi connectivity index (χ4n) is 2.93. The van der Waals surface area contributed by atoms with E-state index in [-0.39, 0.29) is 5.91 Å². The first-order valence-electron chi connectivity index (χ1n) is 8.57. The number of rotatable bonds is 7. The number of aliphatic hydroxyl groups excluding tert-OH is 1. The molecule has 1 N–H and O–H groups in total. The zero-order valence-corrected chi connectivity index (χ0v) is 14.2. The van der Waals surface area contributed by atoms with Gasteiger partial charge in [0.1, 0.15) is 0 Å². The molecule has 1 aromatic carbocycles. The van der Waals surface area contributed by atoms with E-state index in [0.29, 0.717) is 38.6 Å². The van der Waals surface area contributed by atoms with Crippen LogP contribution >= 0.6 is 0 Å². The molecule has 134 valence electrons. The summed E-state index contributed by atoms with van der Waals surface area (Å²) in [6, 6.07) is 13.3. The number of benzene rings is 1. The van der Waals surface area contributed by atoms with Crippen LogP contribution in [-0.2, 0) is 11.3 Å². The minimum atomic E-state index is -0.531. The molecular formula is C19H24N2O4. The molecule has 0 radical (unpaired) electrons. The lowest BCUT2D eigenvalue weighted by molar-refractivity contribution is 0.00181. The molecule has 1 aliphatic rings. The summed E-state index contributed by atoms with van der Waals surface area (Å²) in [5.41, 5.74) is 1.10. The number of furan rings is 1. The molecule has 6 heteroatoms. The van der Waals surface area contributed by atoms with Crippen molar-refractivity contribution in [2.75, 3.05) is 39.3 Å². The second kappa shape index (κ2) is 8.80. The normalized spacial score (nSPS) is 16.8. The number of hydrogen-bond acceptors (Lipinski definition) is 5. The number of piperazine rings is 1. The first-order valence-corrected chi connectivity index (χ1v) is 8.57. The van der Waals surface area contributed by atoms with Gasteiger partial charge in [0.05, 0.1) is 25.6 Å². The number of β-amino-alcohol motifs (C(OH)–C–C–N with tert-alkyl or cyclic N) is 1. The lowest BCUT2D eigenvalue weighted by atomic mass is 10.2. The van der Waals surface area contributed by atoms with Crippen LogP contribution in [0.2, 0.25) is 0 Å². The molecule has 1 aromatic heterocycles. The van der Waals surface area contributed by atoms with Crippen molar-refractivity contribution in [2.45, 2.75) is 12.7 Å². The molecule has 0 saturated carbocycles. The first-order chi connectivity index (χ1) is 12.2. The molecule has 0 aliphatic carbocycles. The summed E-state index contributed by atoms with van der Waals surface area (Å²) in [5.74, 6) is 0.305. The van der Waals surface area contributed by atoms with E-state index in [2.05, 4.69) is 4.90 Å². The highest BCUT2D eigenvalue weighted by atomic mass is 16.5. The van der Waals surface area contributed by atoms with Crippen molar-refractivity contribution in [3.05, 3.63) is 60.1 Å². The molecule has 0 spiro atoms. The molecule has 6 nitrogen and oxygen atoms in total. The van der Waals surface area contributed by atoms with Gasteiger partial charge in [0.15, 0.2) is 5.76 Å². The van der Waals surface area contributed by atoms with Crippen molar-refractivity contribution in [1.29, 1.82) is 0 Å². The Labute approximate surface area is 147 Å². The van der Waals surface area contributed by atoms with Crippen LogP contribution in [0, 0.1) is 0 Å². The fraction of sp³-hybridized carbons (Fsp3) is 0.421. The maximum atomic E-state index is 12.2. The monoisotopic (exact) mass is 344 g/mol. The summed E-state index contributed by atoms with van der Waals surface area (Å²) in [7, 11) is 0. The van der Waals surface area contributed by atoms with Gasteiger partial charge in [-0.15, -0.1) is 0 Å². The van der Waals surface area contributed by atoms with Crippen LogP contribution in [0.4, 0.5) is 0 Å². The van der Waals surface area contributed by atoms with E-state index >= 15 is 0 Å². The van der Waals surface area contributed by atoms with Gasteiger partial charge < -0.3 is 19.2 Å². The van der Waals surface area contributed by atoms with E-state index in [1.807, 2.05) is 30.3 Å². The van der Waals surface area contributed by atoms with Gasteiger partial charge in [0.25, 0.3) is 5.91 Å². The molecular weight excluding hydrogens is 320 g/mol. The molecule has 0 bridgehead atoms. The van der Waals surface area contributed by atoms with E-state index in [4.69, 9.17) is 9.15 Å². The predicted molar refractivity (Wildman–Crippen MR) is 93.2 cm³/mol. The summed E-state index contributed by atoms with van der Waals surface area (Å²) in [5, 5.41) is 10.1.